The molecule has 0 radical (unpaired) electrons. The number of carbonyl (C=O) groups excluding carboxylic acids is 1. The summed E-state index contributed by atoms with van der Waals surface area (Å²) >= 11 is 0. The van der Waals surface area contributed by atoms with Gasteiger partial charge in [0.05, 0.1) is 6.33 Å². The van der Waals surface area contributed by atoms with Crippen LogP contribution in [0.15, 0.2) is 6.33 Å². The Labute approximate surface area is 68.7 Å². The summed E-state index contributed by atoms with van der Waals surface area (Å²) in [5.41, 5.74) is 13.0. The Hall–Kier alpha value is -1.60. The molecule has 7 nitrogen and oxygen atoms in total. The molecular formula is C5H10N6O. The Morgan fingerprint density at radius 1 is 1.75 bits per heavy atom. The third-order valence-corrected chi connectivity index (χ3v) is 1.19. The molecule has 0 aliphatic heterocycles. The van der Waals surface area contributed by atoms with Gasteiger partial charge in [-0.1, -0.05) is 0 Å². The van der Waals surface area contributed by atoms with Gasteiger partial charge >= 0.3 is 0 Å². The monoisotopic (exact) mass is 170 g/mol. The molecule has 7 heteroatoms. The summed E-state index contributed by atoms with van der Waals surface area (Å²) in [6, 6.07) is 0. The van der Waals surface area contributed by atoms with Gasteiger partial charge in [0.25, 0.3) is 5.91 Å². The highest BCUT2D eigenvalue weighted by molar-refractivity contribution is 5.95. The third-order valence-electron chi connectivity index (χ3n) is 1.19. The average Bonchev–Trinajstić information content (AvgIpc) is 2.48. The van der Waals surface area contributed by atoms with E-state index in [-0.39, 0.29) is 5.69 Å². The van der Waals surface area contributed by atoms with Crippen LogP contribution in [0, 0.1) is 0 Å². The van der Waals surface area contributed by atoms with E-state index in [1.807, 2.05) is 0 Å². The Balaban J connectivity index is 2.70. The smallest absolute Gasteiger partial charge is 0.271 e. The number of aromatic nitrogens is 2. The summed E-state index contributed by atoms with van der Waals surface area (Å²) in [6.45, 7) is 0. The first-order valence-electron chi connectivity index (χ1n) is 3.26. The minimum atomic E-state index is -0.586. The van der Waals surface area contributed by atoms with Crippen molar-refractivity contribution in [3.63, 3.8) is 0 Å². The molecule has 1 heterocycles. The molecule has 12 heavy (non-hydrogen) atoms. The lowest BCUT2D eigenvalue weighted by molar-refractivity contribution is 0.0997. The largest absolute Gasteiger partial charge is 0.364 e. The number of nitrogens with zero attached hydrogens (tertiary/aromatic N) is 1. The number of nitrogens with two attached hydrogens (primary N) is 1. The zero-order valence-corrected chi connectivity index (χ0v) is 6.51. The second kappa shape index (κ2) is 3.69. The molecular weight excluding hydrogens is 160 g/mol. The van der Waals surface area contributed by atoms with Crippen LogP contribution in [0.25, 0.3) is 0 Å². The van der Waals surface area contributed by atoms with Crippen LogP contribution in [0.5, 0.6) is 0 Å². The van der Waals surface area contributed by atoms with Crippen molar-refractivity contribution in [1.82, 2.24) is 20.9 Å². The van der Waals surface area contributed by atoms with E-state index in [2.05, 4.69) is 26.4 Å². The number of H-pyrrole nitrogens is 1. The molecule has 0 atom stereocenters. The molecule has 0 unspecified atom stereocenters. The topological polar surface area (TPSA) is 108 Å². The number of rotatable bonds is 4. The molecule has 0 saturated carbocycles. The van der Waals surface area contributed by atoms with E-state index in [9.17, 15) is 4.79 Å². The van der Waals surface area contributed by atoms with Gasteiger partial charge in [-0.2, -0.15) is 5.53 Å². The Kier molecular flexibility index (Phi) is 2.62. The van der Waals surface area contributed by atoms with Crippen LogP contribution < -0.4 is 22.1 Å². The summed E-state index contributed by atoms with van der Waals surface area (Å²) in [4.78, 5) is 17.1. The lowest BCUT2D eigenvalue weighted by atomic mass is 10.4. The number of primary amides is 1. The van der Waals surface area contributed by atoms with E-state index in [0.717, 1.165) is 0 Å². The minimum absolute atomic E-state index is 0.165. The molecule has 0 aliphatic carbocycles. The molecule has 0 bridgehead atoms. The summed E-state index contributed by atoms with van der Waals surface area (Å²) < 4.78 is 0. The van der Waals surface area contributed by atoms with Crippen LogP contribution in [0.1, 0.15) is 10.5 Å². The Morgan fingerprint density at radius 3 is 3.08 bits per heavy atom. The van der Waals surface area contributed by atoms with Crippen LogP contribution in [-0.2, 0) is 0 Å². The fourth-order valence-corrected chi connectivity index (χ4v) is 0.701. The molecule has 0 aliphatic rings. The summed E-state index contributed by atoms with van der Waals surface area (Å²) in [5, 5.41) is 0. The van der Waals surface area contributed by atoms with Crippen molar-refractivity contribution >= 4 is 11.7 Å². The van der Waals surface area contributed by atoms with Gasteiger partial charge in [-0.05, 0) is 0 Å². The first-order chi connectivity index (χ1) is 5.75. The fraction of sp³-hybridized carbons (Fsp3) is 0.200. The molecule has 0 spiro atoms. The van der Waals surface area contributed by atoms with Gasteiger partial charge in [0.1, 0.15) is 0 Å². The summed E-state index contributed by atoms with van der Waals surface area (Å²) in [6.07, 6.45) is 1.37. The van der Waals surface area contributed by atoms with Crippen molar-refractivity contribution in [3.8, 4) is 0 Å². The Morgan fingerprint density at radius 2 is 2.50 bits per heavy atom. The summed E-state index contributed by atoms with van der Waals surface area (Å²) in [5.74, 6) is -0.159. The van der Waals surface area contributed by atoms with Gasteiger partial charge < -0.3 is 10.7 Å². The first-order valence-corrected chi connectivity index (χ1v) is 3.26. The lowest BCUT2D eigenvalue weighted by Gasteiger charge is -2.04. The highest BCUT2D eigenvalue weighted by atomic mass is 16.1. The number of imidazole rings is 1. The van der Waals surface area contributed by atoms with Crippen LogP contribution in [0.3, 0.4) is 0 Å². The van der Waals surface area contributed by atoms with E-state index in [1.54, 1.807) is 7.05 Å². The summed E-state index contributed by atoms with van der Waals surface area (Å²) in [7, 11) is 1.67. The number of hydrogen-bond acceptors (Lipinski definition) is 5. The highest BCUT2D eigenvalue weighted by Crippen LogP contribution is 2.05. The van der Waals surface area contributed by atoms with E-state index < -0.39 is 5.91 Å². The number of carbonyl (C=O) groups is 1. The molecule has 1 aromatic heterocycles. The van der Waals surface area contributed by atoms with E-state index in [4.69, 9.17) is 5.73 Å². The zero-order chi connectivity index (χ0) is 8.97. The minimum Gasteiger partial charge on any atom is -0.364 e. The van der Waals surface area contributed by atoms with Gasteiger partial charge in [0.15, 0.2) is 11.5 Å². The van der Waals surface area contributed by atoms with Crippen molar-refractivity contribution in [1.29, 1.82) is 0 Å². The van der Waals surface area contributed by atoms with Gasteiger partial charge in [-0.15, -0.1) is 0 Å². The SMILES string of the molecule is CNNNc1[nH]cnc1C(N)=O. The molecule has 1 aromatic rings. The van der Waals surface area contributed by atoms with Crippen molar-refractivity contribution in [2.24, 2.45) is 5.73 Å². The predicted molar refractivity (Wildman–Crippen MR) is 42.9 cm³/mol. The van der Waals surface area contributed by atoms with Crippen molar-refractivity contribution in [3.05, 3.63) is 12.0 Å². The number of amides is 1. The second-order valence-electron chi connectivity index (χ2n) is 1.99. The van der Waals surface area contributed by atoms with E-state index >= 15 is 0 Å². The van der Waals surface area contributed by atoms with Crippen LogP contribution in [0.2, 0.25) is 0 Å². The van der Waals surface area contributed by atoms with Crippen molar-refractivity contribution < 1.29 is 4.79 Å². The van der Waals surface area contributed by atoms with Crippen molar-refractivity contribution in [2.45, 2.75) is 0 Å². The molecule has 1 rings (SSSR count). The molecule has 0 fully saturated rings. The van der Waals surface area contributed by atoms with Crippen LogP contribution in [-0.4, -0.2) is 22.9 Å². The predicted octanol–water partition coefficient (Wildman–Crippen LogP) is -1.44. The molecule has 66 valence electrons. The van der Waals surface area contributed by atoms with E-state index in [0.29, 0.717) is 5.82 Å². The second-order valence-corrected chi connectivity index (χ2v) is 1.99. The number of nitrogens with one attached hydrogen (secondary N) is 4. The maximum atomic E-state index is 10.7. The Bertz CT molecular complexity index is 269. The quantitative estimate of drug-likeness (QED) is 0.356. The van der Waals surface area contributed by atoms with E-state index in [1.165, 1.54) is 6.33 Å². The van der Waals surface area contributed by atoms with Gasteiger partial charge in [-0.25, -0.2) is 10.4 Å². The van der Waals surface area contributed by atoms with Gasteiger partial charge in [0, 0.05) is 7.05 Å². The number of anilines is 1. The maximum absolute atomic E-state index is 10.7. The van der Waals surface area contributed by atoms with Gasteiger partial charge in [-0.3, -0.25) is 10.2 Å². The fourth-order valence-electron chi connectivity index (χ4n) is 0.701. The molecule has 1 amide bonds. The first kappa shape index (κ1) is 8.50. The standard InChI is InChI=1S/C5H10N6O/c1-7-11-10-5-3(4(6)12)8-2-9-5/h2,7,10-11H,1H3,(H2,6,12)(H,8,9). The molecule has 6 N–H and O–H groups in total. The third kappa shape index (κ3) is 1.71. The molecule has 0 aromatic carbocycles. The van der Waals surface area contributed by atoms with Gasteiger partial charge in [0.2, 0.25) is 0 Å². The number of hydrazine groups is 2. The normalized spacial score (nSPS) is 9.75. The zero-order valence-electron chi connectivity index (χ0n) is 6.51. The molecule has 0 saturated heterocycles. The van der Waals surface area contributed by atoms with Crippen LogP contribution >= 0.6 is 0 Å². The average molecular weight is 170 g/mol. The lowest BCUT2D eigenvalue weighted by Crippen LogP contribution is -2.34. The number of hydrogen-bond donors (Lipinski definition) is 5. The highest BCUT2D eigenvalue weighted by Gasteiger charge is 2.09. The van der Waals surface area contributed by atoms with Crippen molar-refractivity contribution in [2.75, 3.05) is 12.5 Å². The number of aromatic amines is 1. The maximum Gasteiger partial charge on any atom is 0.271 e. The van der Waals surface area contributed by atoms with Crippen LogP contribution in [0.4, 0.5) is 5.82 Å².